The quantitative estimate of drug-likeness (QED) is 0.865. The minimum Gasteiger partial charge on any atom is -0.326 e. The number of aryl methyl sites for hydroxylation is 1. The van der Waals surface area contributed by atoms with Gasteiger partial charge in [-0.3, -0.25) is 0 Å². The zero-order valence-corrected chi connectivity index (χ0v) is 9.63. The average molecular weight is 224 g/mol. The number of anilines is 1. The van der Waals surface area contributed by atoms with Crippen LogP contribution in [0.4, 0.5) is 6.01 Å². The van der Waals surface area contributed by atoms with Crippen LogP contribution in [-0.2, 0) is 5.54 Å². The van der Waals surface area contributed by atoms with Gasteiger partial charge in [-0.2, -0.15) is 4.98 Å². The fourth-order valence-corrected chi connectivity index (χ4v) is 1.92. The molecule has 0 aliphatic heterocycles. The van der Waals surface area contributed by atoms with Crippen LogP contribution in [0.25, 0.3) is 0 Å². The number of thiazole rings is 1. The lowest BCUT2D eigenvalue weighted by atomic mass is 10.1. The van der Waals surface area contributed by atoms with Crippen molar-refractivity contribution in [3.63, 3.8) is 0 Å². The van der Waals surface area contributed by atoms with E-state index in [0.717, 1.165) is 5.01 Å². The molecule has 2 aromatic rings. The standard InChI is InChI=1S/C9H12N4OS/c1-6-11-8(14-13-6)12-9(2,3)7-10-4-5-15-7/h4-5H,1-3H3,(H,11,12,13). The van der Waals surface area contributed by atoms with Gasteiger partial charge in [-0.1, -0.05) is 5.16 Å². The van der Waals surface area contributed by atoms with E-state index >= 15 is 0 Å². The number of rotatable bonds is 3. The van der Waals surface area contributed by atoms with E-state index in [1.165, 1.54) is 0 Å². The van der Waals surface area contributed by atoms with Gasteiger partial charge in [0.2, 0.25) is 0 Å². The Bertz CT molecular complexity index is 435. The Morgan fingerprint density at radius 2 is 2.27 bits per heavy atom. The molecule has 2 heterocycles. The van der Waals surface area contributed by atoms with Crippen LogP contribution in [0, 0.1) is 6.92 Å². The Morgan fingerprint density at radius 3 is 2.80 bits per heavy atom. The van der Waals surface area contributed by atoms with Gasteiger partial charge in [0.1, 0.15) is 5.01 Å². The van der Waals surface area contributed by atoms with Crippen LogP contribution in [0.1, 0.15) is 24.7 Å². The Kier molecular flexibility index (Phi) is 2.44. The third kappa shape index (κ3) is 2.15. The van der Waals surface area contributed by atoms with Crippen molar-refractivity contribution in [2.24, 2.45) is 0 Å². The van der Waals surface area contributed by atoms with E-state index in [1.54, 1.807) is 24.5 Å². The van der Waals surface area contributed by atoms with Crippen LogP contribution < -0.4 is 5.32 Å². The molecule has 0 bridgehead atoms. The van der Waals surface area contributed by atoms with Gasteiger partial charge in [0.05, 0.1) is 5.54 Å². The second-order valence-electron chi connectivity index (χ2n) is 3.73. The summed E-state index contributed by atoms with van der Waals surface area (Å²) in [6.07, 6.45) is 1.78. The molecule has 5 nitrogen and oxygen atoms in total. The SMILES string of the molecule is Cc1noc(NC(C)(C)c2nccs2)n1. The van der Waals surface area contributed by atoms with Crippen LogP contribution in [0.15, 0.2) is 16.1 Å². The predicted octanol–water partition coefficient (Wildman–Crippen LogP) is 2.18. The second-order valence-corrected chi connectivity index (χ2v) is 4.63. The molecule has 0 spiro atoms. The highest BCUT2D eigenvalue weighted by Gasteiger charge is 2.25. The minimum atomic E-state index is -0.298. The Morgan fingerprint density at radius 1 is 1.47 bits per heavy atom. The van der Waals surface area contributed by atoms with E-state index in [4.69, 9.17) is 4.52 Å². The number of aromatic nitrogens is 3. The Hall–Kier alpha value is -1.43. The lowest BCUT2D eigenvalue weighted by Crippen LogP contribution is -2.27. The first-order valence-corrected chi connectivity index (χ1v) is 5.44. The summed E-state index contributed by atoms with van der Waals surface area (Å²) in [4.78, 5) is 8.35. The van der Waals surface area contributed by atoms with Gasteiger partial charge in [0.25, 0.3) is 0 Å². The molecule has 6 heteroatoms. The van der Waals surface area contributed by atoms with Gasteiger partial charge < -0.3 is 9.84 Å². The molecule has 1 N–H and O–H groups in total. The van der Waals surface area contributed by atoms with Crippen molar-refractivity contribution < 1.29 is 4.52 Å². The highest BCUT2D eigenvalue weighted by atomic mass is 32.1. The molecule has 2 rings (SSSR count). The van der Waals surface area contributed by atoms with Crippen LogP contribution in [0.2, 0.25) is 0 Å². The molecule has 0 aromatic carbocycles. The van der Waals surface area contributed by atoms with Crippen LogP contribution >= 0.6 is 11.3 Å². The van der Waals surface area contributed by atoms with E-state index < -0.39 is 0 Å². The van der Waals surface area contributed by atoms with E-state index in [-0.39, 0.29) is 5.54 Å². The van der Waals surface area contributed by atoms with Crippen LogP contribution in [-0.4, -0.2) is 15.1 Å². The first kappa shape index (κ1) is 10.1. The first-order valence-electron chi connectivity index (χ1n) is 4.56. The normalized spacial score (nSPS) is 11.7. The number of hydrogen-bond acceptors (Lipinski definition) is 6. The summed E-state index contributed by atoms with van der Waals surface area (Å²) >= 11 is 1.59. The smallest absolute Gasteiger partial charge is 0.322 e. The van der Waals surface area contributed by atoms with E-state index in [0.29, 0.717) is 11.8 Å². The number of hydrogen-bond donors (Lipinski definition) is 1. The van der Waals surface area contributed by atoms with E-state index in [1.807, 2.05) is 19.2 Å². The van der Waals surface area contributed by atoms with Crippen molar-refractivity contribution in [1.29, 1.82) is 0 Å². The molecule has 15 heavy (non-hydrogen) atoms. The predicted molar refractivity (Wildman–Crippen MR) is 57.8 cm³/mol. The van der Waals surface area contributed by atoms with Crippen LogP contribution in [0.3, 0.4) is 0 Å². The summed E-state index contributed by atoms with van der Waals surface area (Å²) in [5.74, 6) is 0.618. The number of nitrogens with one attached hydrogen (secondary N) is 1. The average Bonchev–Trinajstić information content (AvgIpc) is 2.75. The van der Waals surface area contributed by atoms with Gasteiger partial charge >= 0.3 is 6.01 Å². The largest absolute Gasteiger partial charge is 0.326 e. The molecule has 0 saturated heterocycles. The van der Waals surface area contributed by atoms with Crippen molar-refractivity contribution in [1.82, 2.24) is 15.1 Å². The number of nitrogens with zero attached hydrogens (tertiary/aromatic N) is 3. The van der Waals surface area contributed by atoms with Crippen molar-refractivity contribution in [3.8, 4) is 0 Å². The Labute approximate surface area is 91.5 Å². The molecule has 80 valence electrons. The Balaban J connectivity index is 2.18. The zero-order chi connectivity index (χ0) is 10.9. The van der Waals surface area contributed by atoms with E-state index in [2.05, 4.69) is 20.4 Å². The molecule has 2 aromatic heterocycles. The monoisotopic (exact) mass is 224 g/mol. The van der Waals surface area contributed by atoms with Gasteiger partial charge in [-0.05, 0) is 20.8 Å². The summed E-state index contributed by atoms with van der Waals surface area (Å²) in [6, 6.07) is 0.424. The topological polar surface area (TPSA) is 63.8 Å². The summed E-state index contributed by atoms with van der Waals surface area (Å²) in [5.41, 5.74) is -0.298. The molecule has 0 aliphatic rings. The zero-order valence-electron chi connectivity index (χ0n) is 8.81. The summed E-state index contributed by atoms with van der Waals surface area (Å²) < 4.78 is 5.00. The fraction of sp³-hybridized carbons (Fsp3) is 0.444. The molecule has 0 fully saturated rings. The molecular formula is C9H12N4OS. The lowest BCUT2D eigenvalue weighted by molar-refractivity contribution is 0.412. The van der Waals surface area contributed by atoms with Crippen molar-refractivity contribution in [2.45, 2.75) is 26.3 Å². The van der Waals surface area contributed by atoms with Gasteiger partial charge in [0.15, 0.2) is 5.82 Å². The maximum Gasteiger partial charge on any atom is 0.322 e. The first-order chi connectivity index (χ1) is 7.08. The summed E-state index contributed by atoms with van der Waals surface area (Å²) in [6.45, 7) is 5.82. The highest BCUT2D eigenvalue weighted by molar-refractivity contribution is 7.09. The maximum absolute atomic E-state index is 5.00. The van der Waals surface area contributed by atoms with Gasteiger partial charge in [-0.15, -0.1) is 11.3 Å². The fourth-order valence-electron chi connectivity index (χ4n) is 1.20. The van der Waals surface area contributed by atoms with Crippen LogP contribution in [0.5, 0.6) is 0 Å². The summed E-state index contributed by atoms with van der Waals surface area (Å²) in [5, 5.41) is 9.79. The lowest BCUT2D eigenvalue weighted by Gasteiger charge is -2.21. The van der Waals surface area contributed by atoms with Crippen molar-refractivity contribution in [3.05, 3.63) is 22.4 Å². The van der Waals surface area contributed by atoms with Gasteiger partial charge in [0, 0.05) is 11.6 Å². The summed E-state index contributed by atoms with van der Waals surface area (Å²) in [7, 11) is 0. The minimum absolute atomic E-state index is 0.298. The second kappa shape index (κ2) is 3.62. The molecule has 0 atom stereocenters. The molecule has 0 unspecified atom stereocenters. The molecule has 0 aliphatic carbocycles. The van der Waals surface area contributed by atoms with E-state index in [9.17, 15) is 0 Å². The molecule has 0 amide bonds. The van der Waals surface area contributed by atoms with Crippen molar-refractivity contribution >= 4 is 17.4 Å². The highest BCUT2D eigenvalue weighted by Crippen LogP contribution is 2.26. The maximum atomic E-state index is 5.00. The third-order valence-corrected chi connectivity index (χ3v) is 3.01. The van der Waals surface area contributed by atoms with Gasteiger partial charge in [-0.25, -0.2) is 4.98 Å². The molecule has 0 saturated carbocycles. The molecule has 0 radical (unpaired) electrons. The third-order valence-electron chi connectivity index (χ3n) is 1.91. The van der Waals surface area contributed by atoms with Crippen molar-refractivity contribution in [2.75, 3.05) is 5.32 Å². The molecular weight excluding hydrogens is 212 g/mol.